The molecule has 0 aromatic heterocycles. The third kappa shape index (κ3) is 5.24. The summed E-state index contributed by atoms with van der Waals surface area (Å²) in [6.07, 6.45) is 0. The van der Waals surface area contributed by atoms with Gasteiger partial charge in [-0.3, -0.25) is 9.59 Å². The summed E-state index contributed by atoms with van der Waals surface area (Å²) < 4.78 is 27.5. The molecule has 0 aliphatic carbocycles. The summed E-state index contributed by atoms with van der Waals surface area (Å²) >= 11 is 6.19. The Hall–Kier alpha value is -2.46. The van der Waals surface area contributed by atoms with E-state index in [2.05, 4.69) is 15.5 Å². The highest BCUT2D eigenvalue weighted by Gasteiger charge is 2.29. The van der Waals surface area contributed by atoms with Crippen LogP contribution in [0.25, 0.3) is 0 Å². The monoisotopic (exact) mass is 464 g/mol. The minimum atomic E-state index is -3.73. The van der Waals surface area contributed by atoms with Gasteiger partial charge in [-0.05, 0) is 49.0 Å². The van der Waals surface area contributed by atoms with Crippen molar-refractivity contribution < 1.29 is 18.0 Å². The third-order valence-corrected chi connectivity index (χ3v) is 7.45. The van der Waals surface area contributed by atoms with Crippen molar-refractivity contribution in [2.45, 2.75) is 11.8 Å². The lowest BCUT2D eigenvalue weighted by molar-refractivity contribution is 0.0962. The lowest BCUT2D eigenvalue weighted by Gasteiger charge is -2.33. The zero-order valence-corrected chi connectivity index (χ0v) is 19.0. The Morgan fingerprint density at radius 2 is 1.65 bits per heavy atom. The molecule has 1 fully saturated rings. The first-order chi connectivity index (χ1) is 14.8. The summed E-state index contributed by atoms with van der Waals surface area (Å²) in [7, 11) is -2.20. The predicted octanol–water partition coefficient (Wildman–Crippen LogP) is 2.28. The molecule has 0 spiro atoms. The molecule has 2 aromatic carbocycles. The summed E-state index contributed by atoms with van der Waals surface area (Å²) in [5, 5.41) is 5.35. The number of carbonyl (C=O) groups is 2. The molecular formula is C21H25ClN4O4S. The number of nitrogens with zero attached hydrogens (tertiary/aromatic N) is 2. The van der Waals surface area contributed by atoms with E-state index in [0.717, 1.165) is 6.54 Å². The number of piperazine rings is 1. The maximum absolute atomic E-state index is 13.1. The second-order valence-electron chi connectivity index (χ2n) is 7.09. The van der Waals surface area contributed by atoms with Crippen LogP contribution in [0.15, 0.2) is 47.4 Å². The van der Waals surface area contributed by atoms with E-state index >= 15 is 0 Å². The van der Waals surface area contributed by atoms with E-state index in [1.165, 1.54) is 29.6 Å². The minimum Gasteiger partial charge on any atom is -0.355 e. The SMILES string of the molecule is CCN1CCN(S(=O)(=O)c2ccc(Cl)c(C(=O)Nc3ccc(C(=O)NC)cc3)c2)CC1. The van der Waals surface area contributed by atoms with Crippen molar-refractivity contribution in [1.29, 1.82) is 0 Å². The number of carbonyl (C=O) groups excluding carboxylic acids is 2. The van der Waals surface area contributed by atoms with Gasteiger partial charge in [0, 0.05) is 44.5 Å². The van der Waals surface area contributed by atoms with Crippen molar-refractivity contribution in [3.05, 3.63) is 58.6 Å². The molecule has 0 radical (unpaired) electrons. The molecule has 2 N–H and O–H groups in total. The molecule has 0 unspecified atom stereocenters. The predicted molar refractivity (Wildman–Crippen MR) is 120 cm³/mol. The zero-order chi connectivity index (χ0) is 22.6. The molecule has 1 heterocycles. The van der Waals surface area contributed by atoms with Gasteiger partial charge in [0.25, 0.3) is 11.8 Å². The molecule has 31 heavy (non-hydrogen) atoms. The molecule has 0 bridgehead atoms. The molecule has 2 aromatic rings. The zero-order valence-electron chi connectivity index (χ0n) is 17.4. The molecule has 166 valence electrons. The maximum Gasteiger partial charge on any atom is 0.257 e. The van der Waals surface area contributed by atoms with Crippen molar-refractivity contribution in [1.82, 2.24) is 14.5 Å². The Morgan fingerprint density at radius 3 is 2.23 bits per heavy atom. The van der Waals surface area contributed by atoms with Gasteiger partial charge in [-0.25, -0.2) is 8.42 Å². The first-order valence-corrected chi connectivity index (χ1v) is 11.7. The molecule has 3 rings (SSSR count). The number of nitrogens with one attached hydrogen (secondary N) is 2. The molecule has 2 amide bonds. The van der Waals surface area contributed by atoms with E-state index < -0.39 is 15.9 Å². The summed E-state index contributed by atoms with van der Waals surface area (Å²) in [5.74, 6) is -0.774. The molecule has 8 nitrogen and oxygen atoms in total. The highest BCUT2D eigenvalue weighted by molar-refractivity contribution is 7.89. The van der Waals surface area contributed by atoms with Crippen LogP contribution in [0.4, 0.5) is 5.69 Å². The van der Waals surface area contributed by atoms with Crippen LogP contribution >= 0.6 is 11.6 Å². The van der Waals surface area contributed by atoms with Crippen molar-refractivity contribution in [2.24, 2.45) is 0 Å². The van der Waals surface area contributed by atoms with Crippen molar-refractivity contribution in [3.63, 3.8) is 0 Å². The Labute approximate surface area is 187 Å². The molecular weight excluding hydrogens is 440 g/mol. The quantitative estimate of drug-likeness (QED) is 0.683. The summed E-state index contributed by atoms with van der Waals surface area (Å²) in [5.41, 5.74) is 0.970. The van der Waals surface area contributed by atoms with E-state index in [1.54, 1.807) is 24.3 Å². The van der Waals surface area contributed by atoms with Crippen LogP contribution in [0.5, 0.6) is 0 Å². The lowest BCUT2D eigenvalue weighted by atomic mass is 10.1. The van der Waals surface area contributed by atoms with Gasteiger partial charge in [-0.2, -0.15) is 4.31 Å². The Balaban J connectivity index is 1.79. The van der Waals surface area contributed by atoms with Gasteiger partial charge < -0.3 is 15.5 Å². The summed E-state index contributed by atoms with van der Waals surface area (Å²) in [6.45, 7) is 5.06. The van der Waals surface area contributed by atoms with Gasteiger partial charge in [0.2, 0.25) is 10.0 Å². The Morgan fingerprint density at radius 1 is 1.00 bits per heavy atom. The second kappa shape index (κ2) is 9.78. The average Bonchev–Trinajstić information content (AvgIpc) is 2.79. The van der Waals surface area contributed by atoms with Gasteiger partial charge >= 0.3 is 0 Å². The van der Waals surface area contributed by atoms with Crippen molar-refractivity contribution >= 4 is 39.1 Å². The number of amides is 2. The number of likely N-dealkylation sites (N-methyl/N-ethyl adjacent to an activating group) is 1. The van der Waals surface area contributed by atoms with Gasteiger partial charge in [-0.15, -0.1) is 0 Å². The lowest BCUT2D eigenvalue weighted by Crippen LogP contribution is -2.48. The Kier molecular flexibility index (Phi) is 7.32. The van der Waals surface area contributed by atoms with Gasteiger partial charge in [-0.1, -0.05) is 18.5 Å². The highest BCUT2D eigenvalue weighted by Crippen LogP contribution is 2.25. The highest BCUT2D eigenvalue weighted by atomic mass is 35.5. The molecule has 0 atom stereocenters. The van der Waals surface area contributed by atoms with E-state index in [9.17, 15) is 18.0 Å². The number of benzene rings is 2. The van der Waals surface area contributed by atoms with Crippen LogP contribution in [0, 0.1) is 0 Å². The van der Waals surface area contributed by atoms with Crippen LogP contribution in [0.3, 0.4) is 0 Å². The first-order valence-electron chi connectivity index (χ1n) is 9.91. The topological polar surface area (TPSA) is 98.8 Å². The average molecular weight is 465 g/mol. The van der Waals surface area contributed by atoms with Crippen LogP contribution < -0.4 is 10.6 Å². The fraction of sp³-hybridized carbons (Fsp3) is 0.333. The standard InChI is InChI=1S/C21H25ClN4O4S/c1-3-25-10-12-26(13-11-25)31(29,30)17-8-9-19(22)18(14-17)21(28)24-16-6-4-15(5-7-16)20(27)23-2/h4-9,14H,3,10-13H2,1-2H3,(H,23,27)(H,24,28). The fourth-order valence-electron chi connectivity index (χ4n) is 3.32. The number of rotatable bonds is 6. The maximum atomic E-state index is 13.1. The van der Waals surface area contributed by atoms with Gasteiger partial charge in [0.05, 0.1) is 15.5 Å². The number of hydrogen-bond acceptors (Lipinski definition) is 5. The van der Waals surface area contributed by atoms with E-state index in [0.29, 0.717) is 37.4 Å². The number of hydrogen-bond donors (Lipinski definition) is 2. The summed E-state index contributed by atoms with van der Waals surface area (Å²) in [4.78, 5) is 26.6. The first kappa shape index (κ1) is 23.2. The van der Waals surface area contributed by atoms with Gasteiger partial charge in [0.1, 0.15) is 0 Å². The van der Waals surface area contributed by atoms with Crippen molar-refractivity contribution in [3.8, 4) is 0 Å². The largest absolute Gasteiger partial charge is 0.355 e. The molecule has 1 saturated heterocycles. The number of sulfonamides is 1. The van der Waals surface area contributed by atoms with Crippen LogP contribution in [-0.4, -0.2) is 69.2 Å². The smallest absolute Gasteiger partial charge is 0.257 e. The van der Waals surface area contributed by atoms with E-state index in [1.807, 2.05) is 6.92 Å². The molecule has 1 aliphatic rings. The van der Waals surface area contributed by atoms with Crippen LogP contribution in [-0.2, 0) is 10.0 Å². The van der Waals surface area contributed by atoms with Crippen molar-refractivity contribution in [2.75, 3.05) is 45.1 Å². The van der Waals surface area contributed by atoms with Crippen LogP contribution in [0.1, 0.15) is 27.6 Å². The Bertz CT molecular complexity index is 1070. The molecule has 10 heteroatoms. The number of anilines is 1. The minimum absolute atomic E-state index is 0.0296. The van der Waals surface area contributed by atoms with Gasteiger partial charge in [0.15, 0.2) is 0 Å². The second-order valence-corrected chi connectivity index (χ2v) is 9.44. The fourth-order valence-corrected chi connectivity index (χ4v) is 4.97. The molecule has 0 saturated carbocycles. The number of halogens is 1. The summed E-state index contributed by atoms with van der Waals surface area (Å²) in [6, 6.07) is 10.5. The van der Waals surface area contributed by atoms with E-state index in [4.69, 9.17) is 11.6 Å². The van der Waals surface area contributed by atoms with Crippen LogP contribution in [0.2, 0.25) is 5.02 Å². The van der Waals surface area contributed by atoms with E-state index in [-0.39, 0.29) is 21.4 Å². The third-order valence-electron chi connectivity index (χ3n) is 5.23. The normalized spacial score (nSPS) is 15.5. The molecule has 1 aliphatic heterocycles.